The summed E-state index contributed by atoms with van der Waals surface area (Å²) in [5, 5.41) is 11.5. The molecule has 1 N–H and O–H groups in total. The molecule has 1 heterocycles. The van der Waals surface area contributed by atoms with Gasteiger partial charge in [-0.25, -0.2) is 0 Å². The first kappa shape index (κ1) is 15.2. The minimum absolute atomic E-state index is 0.154. The van der Waals surface area contributed by atoms with Gasteiger partial charge in [0, 0.05) is 10.9 Å². The van der Waals surface area contributed by atoms with Crippen LogP contribution in [0.15, 0.2) is 17.5 Å². The molecule has 0 fully saturated rings. The van der Waals surface area contributed by atoms with Crippen LogP contribution in [0.5, 0.6) is 0 Å². The predicted octanol–water partition coefficient (Wildman–Crippen LogP) is 3.63. The molecule has 4 heteroatoms. The van der Waals surface area contributed by atoms with Gasteiger partial charge in [0.15, 0.2) is 0 Å². The highest BCUT2D eigenvalue weighted by Crippen LogP contribution is 2.36. The van der Waals surface area contributed by atoms with E-state index in [-0.39, 0.29) is 6.04 Å². The number of hydrogen-bond acceptors (Lipinski definition) is 3. The molecule has 0 aliphatic heterocycles. The first-order valence-corrected chi connectivity index (χ1v) is 7.23. The summed E-state index contributed by atoms with van der Waals surface area (Å²) < 4.78 is 0. The maximum Gasteiger partial charge on any atom is 0.323 e. The van der Waals surface area contributed by atoms with Crippen LogP contribution < -0.4 is 0 Å². The fourth-order valence-electron chi connectivity index (χ4n) is 2.36. The second-order valence-electron chi connectivity index (χ2n) is 5.35. The first-order valence-electron chi connectivity index (χ1n) is 6.35. The van der Waals surface area contributed by atoms with Gasteiger partial charge in [-0.3, -0.25) is 9.69 Å². The van der Waals surface area contributed by atoms with Crippen molar-refractivity contribution in [2.45, 2.75) is 46.2 Å². The third-order valence-corrected chi connectivity index (χ3v) is 4.33. The molecule has 18 heavy (non-hydrogen) atoms. The van der Waals surface area contributed by atoms with Crippen LogP contribution in [-0.2, 0) is 4.79 Å². The summed E-state index contributed by atoms with van der Waals surface area (Å²) in [6.07, 6.45) is 0. The fourth-order valence-corrected chi connectivity index (χ4v) is 3.37. The number of thiophene rings is 1. The molecule has 0 spiro atoms. The molecule has 0 saturated heterocycles. The van der Waals surface area contributed by atoms with Gasteiger partial charge in [0.2, 0.25) is 0 Å². The van der Waals surface area contributed by atoms with Gasteiger partial charge in [-0.2, -0.15) is 0 Å². The van der Waals surface area contributed by atoms with Crippen molar-refractivity contribution in [3.63, 3.8) is 0 Å². The molecule has 3 nitrogen and oxygen atoms in total. The Bertz CT molecular complexity index is 385. The van der Waals surface area contributed by atoms with Crippen LogP contribution in [0.3, 0.4) is 0 Å². The Labute approximate surface area is 113 Å². The van der Waals surface area contributed by atoms with Crippen molar-refractivity contribution in [1.82, 2.24) is 4.90 Å². The highest BCUT2D eigenvalue weighted by Gasteiger charge is 2.39. The van der Waals surface area contributed by atoms with Gasteiger partial charge in [0.05, 0.1) is 0 Å². The molecule has 0 aliphatic rings. The zero-order valence-electron chi connectivity index (χ0n) is 11.8. The van der Waals surface area contributed by atoms with Gasteiger partial charge in [0.1, 0.15) is 5.54 Å². The van der Waals surface area contributed by atoms with Crippen molar-refractivity contribution < 1.29 is 9.90 Å². The van der Waals surface area contributed by atoms with Gasteiger partial charge in [-0.15, -0.1) is 11.3 Å². The van der Waals surface area contributed by atoms with E-state index in [4.69, 9.17) is 0 Å². The summed E-state index contributed by atoms with van der Waals surface area (Å²) in [6, 6.07) is 4.27. The second kappa shape index (κ2) is 5.85. The Kier molecular flexibility index (Phi) is 4.93. The first-order chi connectivity index (χ1) is 8.32. The predicted molar refractivity (Wildman–Crippen MR) is 76.0 cm³/mol. The largest absolute Gasteiger partial charge is 0.480 e. The molecule has 102 valence electrons. The normalized spacial score (nSPS) is 14.2. The number of likely N-dealkylation sites (N-methyl/N-ethyl adjacent to an activating group) is 1. The molecule has 0 saturated carbocycles. The van der Waals surface area contributed by atoms with Gasteiger partial charge in [-0.05, 0) is 37.8 Å². The van der Waals surface area contributed by atoms with Crippen molar-refractivity contribution in [1.29, 1.82) is 0 Å². The van der Waals surface area contributed by atoms with Gasteiger partial charge in [-0.1, -0.05) is 26.8 Å². The number of rotatable bonds is 6. The summed E-state index contributed by atoms with van der Waals surface area (Å²) in [7, 11) is 0. The Balaban J connectivity index is 3.14. The Morgan fingerprint density at radius 3 is 2.44 bits per heavy atom. The van der Waals surface area contributed by atoms with E-state index in [0.717, 1.165) is 6.54 Å². The minimum atomic E-state index is -0.853. The Morgan fingerprint density at radius 2 is 2.11 bits per heavy atom. The lowest BCUT2D eigenvalue weighted by molar-refractivity contribution is -0.151. The molecule has 1 unspecified atom stereocenters. The molecule has 0 aliphatic carbocycles. The number of carbonyl (C=O) groups is 1. The topological polar surface area (TPSA) is 40.5 Å². The molecular weight excluding hydrogens is 246 g/mol. The van der Waals surface area contributed by atoms with Crippen LogP contribution in [0.2, 0.25) is 0 Å². The van der Waals surface area contributed by atoms with E-state index in [1.807, 2.05) is 18.4 Å². The molecule has 1 rings (SSSR count). The van der Waals surface area contributed by atoms with Gasteiger partial charge >= 0.3 is 5.97 Å². The van der Waals surface area contributed by atoms with Crippen molar-refractivity contribution in [2.75, 3.05) is 6.54 Å². The average molecular weight is 269 g/mol. The zero-order chi connectivity index (χ0) is 13.9. The van der Waals surface area contributed by atoms with Crippen LogP contribution in [0.4, 0.5) is 0 Å². The Hall–Kier alpha value is -0.870. The van der Waals surface area contributed by atoms with Crippen LogP contribution in [-0.4, -0.2) is 28.1 Å². The molecular formula is C14H23NO2S. The smallest absolute Gasteiger partial charge is 0.323 e. The monoisotopic (exact) mass is 269 g/mol. The van der Waals surface area contributed by atoms with Crippen LogP contribution in [0, 0.1) is 5.92 Å². The molecule has 0 bridgehead atoms. The maximum absolute atomic E-state index is 11.5. The van der Waals surface area contributed by atoms with Crippen molar-refractivity contribution >= 4 is 17.3 Å². The number of aliphatic carboxylic acids is 1. The lowest BCUT2D eigenvalue weighted by Gasteiger charge is -2.42. The van der Waals surface area contributed by atoms with Crippen molar-refractivity contribution in [2.24, 2.45) is 5.92 Å². The quantitative estimate of drug-likeness (QED) is 0.857. The van der Waals surface area contributed by atoms with Crippen LogP contribution in [0.25, 0.3) is 0 Å². The highest BCUT2D eigenvalue weighted by atomic mass is 32.1. The van der Waals surface area contributed by atoms with E-state index in [1.165, 1.54) is 4.88 Å². The third kappa shape index (κ3) is 2.93. The van der Waals surface area contributed by atoms with Gasteiger partial charge in [0.25, 0.3) is 0 Å². The van der Waals surface area contributed by atoms with Crippen LogP contribution >= 0.6 is 11.3 Å². The molecule has 0 aromatic carbocycles. The number of hydrogen-bond donors (Lipinski definition) is 1. The summed E-state index contributed by atoms with van der Waals surface area (Å²) in [5.41, 5.74) is -0.853. The SMILES string of the molecule is CCN(C(c1cccs1)C(C)C)C(C)(C)C(=O)O. The molecule has 0 amide bonds. The van der Waals surface area contributed by atoms with E-state index in [0.29, 0.717) is 5.92 Å². The minimum Gasteiger partial charge on any atom is -0.480 e. The standard InChI is InChI=1S/C14H23NO2S/c1-6-15(14(4,5)13(16)17)12(10(2)3)11-8-7-9-18-11/h7-10,12H,6H2,1-5H3,(H,16,17). The Morgan fingerprint density at radius 1 is 1.50 bits per heavy atom. The summed E-state index contributed by atoms with van der Waals surface area (Å²) in [5.74, 6) is -0.395. The lowest BCUT2D eigenvalue weighted by atomic mass is 9.93. The summed E-state index contributed by atoms with van der Waals surface area (Å²) in [6.45, 7) is 10.6. The molecule has 1 aromatic rings. The second-order valence-corrected chi connectivity index (χ2v) is 6.33. The summed E-state index contributed by atoms with van der Waals surface area (Å²) in [4.78, 5) is 14.8. The third-order valence-electron chi connectivity index (χ3n) is 3.38. The number of nitrogens with zero attached hydrogens (tertiary/aromatic N) is 1. The van der Waals surface area contributed by atoms with E-state index in [1.54, 1.807) is 25.2 Å². The molecule has 1 atom stereocenters. The van der Waals surface area contributed by atoms with E-state index in [9.17, 15) is 9.90 Å². The zero-order valence-corrected chi connectivity index (χ0v) is 12.6. The summed E-state index contributed by atoms with van der Waals surface area (Å²) >= 11 is 1.70. The van der Waals surface area contributed by atoms with Crippen LogP contribution in [0.1, 0.15) is 45.5 Å². The fraction of sp³-hybridized carbons (Fsp3) is 0.643. The average Bonchev–Trinajstić information content (AvgIpc) is 2.77. The highest BCUT2D eigenvalue weighted by molar-refractivity contribution is 7.10. The van der Waals surface area contributed by atoms with E-state index >= 15 is 0 Å². The molecule has 0 radical (unpaired) electrons. The van der Waals surface area contributed by atoms with E-state index in [2.05, 4.69) is 24.8 Å². The van der Waals surface area contributed by atoms with Gasteiger partial charge < -0.3 is 5.11 Å². The number of carboxylic acid groups (broad SMARTS) is 1. The van der Waals surface area contributed by atoms with Crippen molar-refractivity contribution in [3.05, 3.63) is 22.4 Å². The lowest BCUT2D eigenvalue weighted by Crippen LogP contribution is -2.52. The maximum atomic E-state index is 11.5. The van der Waals surface area contributed by atoms with Crippen molar-refractivity contribution in [3.8, 4) is 0 Å². The van der Waals surface area contributed by atoms with E-state index < -0.39 is 11.5 Å². The molecule has 1 aromatic heterocycles. The number of carboxylic acids is 1.